The molecule has 0 aliphatic rings. The van der Waals surface area contributed by atoms with E-state index in [2.05, 4.69) is 5.43 Å². The van der Waals surface area contributed by atoms with Gasteiger partial charge in [-0.25, -0.2) is 5.84 Å². The molecule has 0 aromatic heterocycles. The summed E-state index contributed by atoms with van der Waals surface area (Å²) >= 11 is 0. The monoisotopic (exact) mass is 208 g/mol. The number of hydrogen-bond acceptors (Lipinski definition) is 3. The van der Waals surface area contributed by atoms with Crippen LogP contribution in [0.5, 0.6) is 5.75 Å². The number of carbonyl (C=O) groups excluding carboxylic acids is 1. The van der Waals surface area contributed by atoms with Crippen molar-refractivity contribution in [3.8, 4) is 5.75 Å². The van der Waals surface area contributed by atoms with E-state index in [1.165, 1.54) is 0 Å². The molecule has 0 fully saturated rings. The highest BCUT2D eigenvalue weighted by Crippen LogP contribution is 2.20. The first-order chi connectivity index (χ1) is 7.04. The predicted molar refractivity (Wildman–Crippen MR) is 58.3 cm³/mol. The Morgan fingerprint density at radius 1 is 1.47 bits per heavy atom. The topological polar surface area (TPSA) is 64.3 Å². The Morgan fingerprint density at radius 2 is 2.13 bits per heavy atom. The van der Waals surface area contributed by atoms with Crippen LogP contribution in [0.3, 0.4) is 0 Å². The molecule has 0 radical (unpaired) electrons. The van der Waals surface area contributed by atoms with Crippen molar-refractivity contribution in [1.82, 2.24) is 5.43 Å². The minimum atomic E-state index is -0.588. The van der Waals surface area contributed by atoms with Crippen LogP contribution in [-0.2, 0) is 4.79 Å². The fourth-order valence-electron chi connectivity index (χ4n) is 1.20. The van der Waals surface area contributed by atoms with Crippen LogP contribution in [0, 0.1) is 13.8 Å². The van der Waals surface area contributed by atoms with Crippen molar-refractivity contribution in [3.05, 3.63) is 29.3 Å². The molecular formula is C11H16N2O2. The van der Waals surface area contributed by atoms with Gasteiger partial charge in [-0.05, 0) is 38.0 Å². The van der Waals surface area contributed by atoms with Crippen molar-refractivity contribution in [1.29, 1.82) is 0 Å². The third-order valence-electron chi connectivity index (χ3n) is 2.16. The molecule has 1 unspecified atom stereocenters. The normalized spacial score (nSPS) is 12.0. The lowest BCUT2D eigenvalue weighted by atomic mass is 10.1. The first-order valence-corrected chi connectivity index (χ1v) is 4.79. The smallest absolute Gasteiger partial charge is 0.274 e. The van der Waals surface area contributed by atoms with E-state index in [-0.39, 0.29) is 5.91 Å². The van der Waals surface area contributed by atoms with Gasteiger partial charge in [-0.2, -0.15) is 0 Å². The van der Waals surface area contributed by atoms with E-state index in [4.69, 9.17) is 10.6 Å². The molecule has 0 bridgehead atoms. The Bertz CT molecular complexity index is 364. The van der Waals surface area contributed by atoms with Crippen LogP contribution >= 0.6 is 0 Å². The summed E-state index contributed by atoms with van der Waals surface area (Å²) in [6, 6.07) is 5.85. The number of hydrazine groups is 1. The van der Waals surface area contributed by atoms with Crippen LogP contribution in [0.15, 0.2) is 18.2 Å². The van der Waals surface area contributed by atoms with E-state index in [1.54, 1.807) is 6.92 Å². The van der Waals surface area contributed by atoms with Crippen LogP contribution < -0.4 is 16.0 Å². The fourth-order valence-corrected chi connectivity index (χ4v) is 1.20. The number of aryl methyl sites for hydroxylation is 2. The second-order valence-corrected chi connectivity index (χ2v) is 3.54. The average Bonchev–Trinajstić information content (AvgIpc) is 2.22. The van der Waals surface area contributed by atoms with E-state index in [0.717, 1.165) is 11.1 Å². The molecule has 1 aromatic carbocycles. The Hall–Kier alpha value is -1.55. The summed E-state index contributed by atoms with van der Waals surface area (Å²) in [6.45, 7) is 5.56. The highest BCUT2D eigenvalue weighted by Gasteiger charge is 2.13. The number of carbonyl (C=O) groups is 1. The third kappa shape index (κ3) is 2.95. The van der Waals surface area contributed by atoms with Gasteiger partial charge in [0.1, 0.15) is 5.75 Å². The van der Waals surface area contributed by atoms with Gasteiger partial charge in [-0.15, -0.1) is 0 Å². The summed E-state index contributed by atoms with van der Waals surface area (Å²) in [5, 5.41) is 0. The predicted octanol–water partition coefficient (Wildman–Crippen LogP) is 1.06. The van der Waals surface area contributed by atoms with Crippen molar-refractivity contribution in [2.75, 3.05) is 0 Å². The Morgan fingerprint density at radius 3 is 2.73 bits per heavy atom. The van der Waals surface area contributed by atoms with Crippen molar-refractivity contribution in [2.24, 2.45) is 5.84 Å². The number of ether oxygens (including phenoxy) is 1. The zero-order valence-electron chi connectivity index (χ0n) is 9.20. The molecule has 4 heteroatoms. The van der Waals surface area contributed by atoms with E-state index >= 15 is 0 Å². The lowest BCUT2D eigenvalue weighted by Gasteiger charge is -2.15. The Kier molecular flexibility index (Phi) is 3.68. The zero-order valence-corrected chi connectivity index (χ0v) is 9.20. The van der Waals surface area contributed by atoms with Gasteiger partial charge in [-0.1, -0.05) is 12.1 Å². The molecular weight excluding hydrogens is 192 g/mol. The summed E-state index contributed by atoms with van der Waals surface area (Å²) in [6.07, 6.45) is -0.588. The molecule has 0 saturated carbocycles. The Labute approximate surface area is 89.4 Å². The van der Waals surface area contributed by atoms with Crippen LogP contribution in [-0.4, -0.2) is 12.0 Å². The van der Waals surface area contributed by atoms with Gasteiger partial charge in [0.25, 0.3) is 5.91 Å². The SMILES string of the molecule is Cc1ccc(C)c(OC(C)C(=O)NN)c1. The van der Waals surface area contributed by atoms with Gasteiger partial charge in [0.15, 0.2) is 6.10 Å². The summed E-state index contributed by atoms with van der Waals surface area (Å²) in [5.74, 6) is 5.39. The van der Waals surface area contributed by atoms with Crippen LogP contribution in [0.25, 0.3) is 0 Å². The summed E-state index contributed by atoms with van der Waals surface area (Å²) in [5.41, 5.74) is 4.15. The van der Waals surface area contributed by atoms with E-state index in [0.29, 0.717) is 5.75 Å². The van der Waals surface area contributed by atoms with Gasteiger partial charge >= 0.3 is 0 Å². The lowest BCUT2D eigenvalue weighted by molar-refractivity contribution is -0.127. The molecule has 3 N–H and O–H groups in total. The molecule has 0 spiro atoms. The quantitative estimate of drug-likeness (QED) is 0.443. The molecule has 15 heavy (non-hydrogen) atoms. The van der Waals surface area contributed by atoms with Crippen LogP contribution in [0.1, 0.15) is 18.1 Å². The largest absolute Gasteiger partial charge is 0.481 e. The number of benzene rings is 1. The van der Waals surface area contributed by atoms with Gasteiger partial charge in [-0.3, -0.25) is 10.2 Å². The van der Waals surface area contributed by atoms with E-state index in [1.807, 2.05) is 32.0 Å². The summed E-state index contributed by atoms with van der Waals surface area (Å²) < 4.78 is 5.49. The van der Waals surface area contributed by atoms with Crippen molar-refractivity contribution in [2.45, 2.75) is 26.9 Å². The molecule has 0 saturated heterocycles. The maximum atomic E-state index is 11.2. The van der Waals surface area contributed by atoms with Crippen molar-refractivity contribution < 1.29 is 9.53 Å². The number of rotatable bonds is 3. The molecule has 0 aliphatic carbocycles. The van der Waals surface area contributed by atoms with Gasteiger partial charge in [0.05, 0.1) is 0 Å². The highest BCUT2D eigenvalue weighted by molar-refractivity contribution is 5.80. The van der Waals surface area contributed by atoms with Crippen LogP contribution in [0.2, 0.25) is 0 Å². The van der Waals surface area contributed by atoms with Crippen molar-refractivity contribution in [3.63, 3.8) is 0 Å². The maximum Gasteiger partial charge on any atom is 0.274 e. The molecule has 82 valence electrons. The van der Waals surface area contributed by atoms with Gasteiger partial charge in [0.2, 0.25) is 0 Å². The average molecular weight is 208 g/mol. The van der Waals surface area contributed by atoms with Gasteiger partial charge in [0, 0.05) is 0 Å². The number of nitrogens with one attached hydrogen (secondary N) is 1. The van der Waals surface area contributed by atoms with Crippen LogP contribution in [0.4, 0.5) is 0 Å². The minimum absolute atomic E-state index is 0.337. The first kappa shape index (κ1) is 11.5. The molecule has 1 atom stereocenters. The third-order valence-corrected chi connectivity index (χ3v) is 2.16. The maximum absolute atomic E-state index is 11.2. The number of hydrogen-bond donors (Lipinski definition) is 2. The molecule has 1 amide bonds. The van der Waals surface area contributed by atoms with E-state index in [9.17, 15) is 4.79 Å². The fraction of sp³-hybridized carbons (Fsp3) is 0.364. The number of nitrogens with two attached hydrogens (primary N) is 1. The molecule has 0 heterocycles. The Balaban J connectivity index is 2.80. The standard InChI is InChI=1S/C11H16N2O2/c1-7-4-5-8(2)10(6-7)15-9(3)11(14)13-12/h4-6,9H,12H2,1-3H3,(H,13,14). The first-order valence-electron chi connectivity index (χ1n) is 4.79. The van der Waals surface area contributed by atoms with E-state index < -0.39 is 6.10 Å². The molecule has 4 nitrogen and oxygen atoms in total. The zero-order chi connectivity index (χ0) is 11.4. The summed E-state index contributed by atoms with van der Waals surface area (Å²) in [7, 11) is 0. The molecule has 0 aliphatic heterocycles. The second-order valence-electron chi connectivity index (χ2n) is 3.54. The number of amides is 1. The molecule has 1 rings (SSSR count). The minimum Gasteiger partial charge on any atom is -0.481 e. The van der Waals surface area contributed by atoms with Crippen molar-refractivity contribution >= 4 is 5.91 Å². The van der Waals surface area contributed by atoms with Gasteiger partial charge < -0.3 is 4.74 Å². The second kappa shape index (κ2) is 4.79. The molecule has 1 aromatic rings. The summed E-state index contributed by atoms with van der Waals surface area (Å²) in [4.78, 5) is 11.2. The lowest BCUT2D eigenvalue weighted by Crippen LogP contribution is -2.40. The highest BCUT2D eigenvalue weighted by atomic mass is 16.5.